The zero-order valence-electron chi connectivity index (χ0n) is 14.9. The summed E-state index contributed by atoms with van der Waals surface area (Å²) in [5.74, 6) is 0.981. The van der Waals surface area contributed by atoms with Gasteiger partial charge < -0.3 is 24.8 Å². The summed E-state index contributed by atoms with van der Waals surface area (Å²) < 4.78 is 24.5. The Labute approximate surface area is 157 Å². The van der Waals surface area contributed by atoms with Gasteiger partial charge >= 0.3 is 0 Å². The monoisotopic (exact) mass is 376 g/mol. The second kappa shape index (κ2) is 7.47. The first-order valence-corrected chi connectivity index (χ1v) is 8.59. The zero-order valence-corrected chi connectivity index (χ0v) is 15.7. The highest BCUT2D eigenvalue weighted by Gasteiger charge is 2.30. The Hall–Kier alpha value is -2.38. The van der Waals surface area contributed by atoms with Crippen molar-refractivity contribution in [2.24, 2.45) is 0 Å². The first-order valence-electron chi connectivity index (χ1n) is 8.18. The summed E-state index contributed by atoms with van der Waals surface area (Å²) in [5, 5.41) is 14.1. The van der Waals surface area contributed by atoms with Crippen LogP contribution in [0.1, 0.15) is 22.8 Å². The Kier molecular flexibility index (Phi) is 5.29. The second-order valence-corrected chi connectivity index (χ2v) is 6.54. The molecule has 26 heavy (non-hydrogen) atoms. The Bertz CT molecular complexity index is 844. The lowest BCUT2D eigenvalue weighted by Crippen LogP contribution is -2.41. The number of aliphatic hydroxyl groups excluding tert-OH is 1. The molecule has 0 aliphatic carbocycles. The minimum Gasteiger partial charge on any atom is -0.496 e. The normalized spacial score (nSPS) is 16.0. The molecule has 138 valence electrons. The fraction of sp³-hybridized carbons (Fsp3) is 0.316. The molecule has 2 aromatic rings. The standard InChI is InChI=1S/C19H21FN2O3S/c1-11-4-5-12(8-14(11)20)21-19(26)22-9-13-16(24-2)6-7-17(25-3)18(13)15(23)10-22/h4-8,15,23H,9-10H2,1-3H3,(H,21,26)/t15-/m0/s1. The Balaban J connectivity index is 1.85. The van der Waals surface area contributed by atoms with Crippen molar-refractivity contribution in [1.29, 1.82) is 0 Å². The van der Waals surface area contributed by atoms with E-state index in [1.54, 1.807) is 45.4 Å². The molecule has 2 aromatic carbocycles. The number of aryl methyl sites for hydroxylation is 1. The molecule has 0 fully saturated rings. The fourth-order valence-corrected chi connectivity index (χ4v) is 3.36. The SMILES string of the molecule is COc1ccc(OC)c2c1CN(C(=S)Nc1ccc(C)c(F)c1)C[C@@H]2O. The molecule has 1 aliphatic rings. The number of methoxy groups -OCH3 is 2. The predicted octanol–water partition coefficient (Wildman–Crippen LogP) is 3.40. The van der Waals surface area contributed by atoms with Gasteiger partial charge in [-0.05, 0) is 49.0 Å². The van der Waals surface area contributed by atoms with Crippen LogP contribution in [0, 0.1) is 12.7 Å². The number of nitrogens with one attached hydrogen (secondary N) is 1. The van der Waals surface area contributed by atoms with Gasteiger partial charge in [0.05, 0.1) is 20.8 Å². The van der Waals surface area contributed by atoms with Gasteiger partial charge in [0.15, 0.2) is 5.11 Å². The highest BCUT2D eigenvalue weighted by Crippen LogP contribution is 2.39. The number of β-amino-alcohol motifs (C(OH)–C–C–N with tert-alkyl or cyclic N) is 1. The highest BCUT2D eigenvalue weighted by molar-refractivity contribution is 7.80. The molecule has 0 bridgehead atoms. The van der Waals surface area contributed by atoms with Crippen LogP contribution in [0.2, 0.25) is 0 Å². The van der Waals surface area contributed by atoms with E-state index in [0.29, 0.717) is 46.5 Å². The second-order valence-electron chi connectivity index (χ2n) is 6.15. The molecule has 3 rings (SSSR count). The number of benzene rings is 2. The van der Waals surface area contributed by atoms with E-state index in [2.05, 4.69) is 5.32 Å². The predicted molar refractivity (Wildman–Crippen MR) is 102 cm³/mol. The van der Waals surface area contributed by atoms with E-state index in [1.807, 2.05) is 4.90 Å². The van der Waals surface area contributed by atoms with Gasteiger partial charge in [-0.15, -0.1) is 0 Å². The van der Waals surface area contributed by atoms with Gasteiger partial charge in [-0.2, -0.15) is 0 Å². The van der Waals surface area contributed by atoms with Crippen molar-refractivity contribution in [2.45, 2.75) is 19.6 Å². The van der Waals surface area contributed by atoms with Gasteiger partial charge in [-0.25, -0.2) is 4.39 Å². The maximum absolute atomic E-state index is 13.7. The number of thiocarbonyl (C=S) groups is 1. The third kappa shape index (κ3) is 3.45. The molecule has 2 N–H and O–H groups in total. The van der Waals surface area contributed by atoms with Crippen LogP contribution < -0.4 is 14.8 Å². The van der Waals surface area contributed by atoms with E-state index in [9.17, 15) is 9.50 Å². The van der Waals surface area contributed by atoms with Crippen molar-refractivity contribution < 1.29 is 19.0 Å². The van der Waals surface area contributed by atoms with Gasteiger partial charge in [0.25, 0.3) is 0 Å². The lowest BCUT2D eigenvalue weighted by molar-refractivity contribution is 0.123. The first kappa shape index (κ1) is 18.4. The largest absolute Gasteiger partial charge is 0.496 e. The quantitative estimate of drug-likeness (QED) is 0.801. The summed E-state index contributed by atoms with van der Waals surface area (Å²) >= 11 is 5.46. The summed E-state index contributed by atoms with van der Waals surface area (Å²) in [5.41, 5.74) is 2.67. The molecular formula is C19H21FN2O3S. The van der Waals surface area contributed by atoms with Crippen molar-refractivity contribution in [3.63, 3.8) is 0 Å². The summed E-state index contributed by atoms with van der Waals surface area (Å²) in [7, 11) is 3.15. The van der Waals surface area contributed by atoms with Crippen LogP contribution in [-0.4, -0.2) is 35.9 Å². The summed E-state index contributed by atoms with van der Waals surface area (Å²) in [6.07, 6.45) is -0.779. The van der Waals surface area contributed by atoms with Crippen molar-refractivity contribution in [1.82, 2.24) is 4.90 Å². The van der Waals surface area contributed by atoms with E-state index >= 15 is 0 Å². The molecule has 5 nitrogen and oxygen atoms in total. The average molecular weight is 376 g/mol. The summed E-state index contributed by atoms with van der Waals surface area (Å²) in [4.78, 5) is 1.82. The van der Waals surface area contributed by atoms with Gasteiger partial charge in [0, 0.05) is 23.4 Å². The molecule has 0 aromatic heterocycles. The first-order chi connectivity index (χ1) is 12.4. The number of hydrogen-bond acceptors (Lipinski definition) is 4. The molecular weight excluding hydrogens is 355 g/mol. The van der Waals surface area contributed by atoms with Gasteiger partial charge in [0.2, 0.25) is 0 Å². The van der Waals surface area contributed by atoms with Crippen LogP contribution in [0.25, 0.3) is 0 Å². The van der Waals surface area contributed by atoms with Crippen molar-refractivity contribution in [2.75, 3.05) is 26.1 Å². The molecule has 0 amide bonds. The minimum atomic E-state index is -0.779. The molecule has 0 spiro atoms. The van der Waals surface area contributed by atoms with Crippen LogP contribution in [0.3, 0.4) is 0 Å². The lowest BCUT2D eigenvalue weighted by atomic mass is 9.95. The van der Waals surface area contributed by atoms with Crippen LogP contribution >= 0.6 is 12.2 Å². The van der Waals surface area contributed by atoms with Crippen LogP contribution in [0.4, 0.5) is 10.1 Å². The van der Waals surface area contributed by atoms with E-state index in [-0.39, 0.29) is 5.82 Å². The van der Waals surface area contributed by atoms with Crippen molar-refractivity contribution in [3.05, 3.63) is 52.8 Å². The molecule has 0 radical (unpaired) electrons. The molecule has 1 atom stereocenters. The minimum absolute atomic E-state index is 0.298. The Morgan fingerprint density at radius 2 is 1.92 bits per heavy atom. The lowest BCUT2D eigenvalue weighted by Gasteiger charge is -2.35. The number of nitrogens with zero attached hydrogens (tertiary/aromatic N) is 1. The van der Waals surface area contributed by atoms with Gasteiger partial charge in [-0.3, -0.25) is 0 Å². The van der Waals surface area contributed by atoms with Crippen LogP contribution in [-0.2, 0) is 6.54 Å². The number of ether oxygens (including phenoxy) is 2. The smallest absolute Gasteiger partial charge is 0.173 e. The Morgan fingerprint density at radius 3 is 2.58 bits per heavy atom. The number of aliphatic hydroxyl groups is 1. The molecule has 0 unspecified atom stereocenters. The topological polar surface area (TPSA) is 54.0 Å². The number of halogens is 1. The molecule has 0 saturated carbocycles. The molecule has 0 saturated heterocycles. The maximum atomic E-state index is 13.7. The maximum Gasteiger partial charge on any atom is 0.173 e. The third-order valence-electron chi connectivity index (χ3n) is 4.50. The Morgan fingerprint density at radius 1 is 1.23 bits per heavy atom. The average Bonchev–Trinajstić information content (AvgIpc) is 2.63. The zero-order chi connectivity index (χ0) is 18.8. The van der Waals surface area contributed by atoms with E-state index < -0.39 is 6.10 Å². The molecule has 1 aliphatic heterocycles. The molecule has 7 heteroatoms. The third-order valence-corrected chi connectivity index (χ3v) is 4.86. The van der Waals surface area contributed by atoms with Crippen molar-refractivity contribution in [3.8, 4) is 11.5 Å². The summed E-state index contributed by atoms with van der Waals surface area (Å²) in [6.45, 7) is 2.46. The van der Waals surface area contributed by atoms with Gasteiger partial charge in [0.1, 0.15) is 23.4 Å². The van der Waals surface area contributed by atoms with Crippen LogP contribution in [0.5, 0.6) is 11.5 Å². The number of fused-ring (bicyclic) bond motifs is 1. The van der Waals surface area contributed by atoms with E-state index in [1.165, 1.54) is 6.07 Å². The van der Waals surface area contributed by atoms with E-state index in [0.717, 1.165) is 5.56 Å². The fourth-order valence-electron chi connectivity index (χ4n) is 3.10. The van der Waals surface area contributed by atoms with Crippen molar-refractivity contribution >= 4 is 23.0 Å². The number of anilines is 1. The molecule has 1 heterocycles. The summed E-state index contributed by atoms with van der Waals surface area (Å²) in [6, 6.07) is 8.44. The van der Waals surface area contributed by atoms with E-state index in [4.69, 9.17) is 21.7 Å². The van der Waals surface area contributed by atoms with Crippen LogP contribution in [0.15, 0.2) is 30.3 Å². The number of rotatable bonds is 3. The highest BCUT2D eigenvalue weighted by atomic mass is 32.1. The van der Waals surface area contributed by atoms with Gasteiger partial charge in [-0.1, -0.05) is 6.07 Å². The number of hydrogen-bond donors (Lipinski definition) is 2.